The SMILES string of the molecule is CCn1c(-c2nc(Nc3ccc(S(=O)(=O)NCC4CCCO4)cc3)ncc2Cl)cnc1C. The predicted octanol–water partition coefficient (Wildman–Crippen LogP) is 3.52. The molecule has 11 heteroatoms. The molecule has 1 aromatic carbocycles. The minimum absolute atomic E-state index is 0.0604. The molecule has 1 aliphatic heterocycles. The third kappa shape index (κ3) is 4.93. The van der Waals surface area contributed by atoms with Gasteiger partial charge in [-0.2, -0.15) is 0 Å². The molecule has 0 aliphatic carbocycles. The van der Waals surface area contributed by atoms with Gasteiger partial charge in [0.1, 0.15) is 11.5 Å². The molecule has 0 spiro atoms. The maximum atomic E-state index is 12.5. The maximum Gasteiger partial charge on any atom is 0.240 e. The monoisotopic (exact) mass is 476 g/mol. The lowest BCUT2D eigenvalue weighted by atomic mass is 10.2. The number of rotatable bonds is 8. The molecule has 0 amide bonds. The minimum Gasteiger partial charge on any atom is -0.377 e. The Labute approximate surface area is 192 Å². The van der Waals surface area contributed by atoms with Crippen LogP contribution >= 0.6 is 11.6 Å². The molecule has 170 valence electrons. The van der Waals surface area contributed by atoms with Gasteiger partial charge >= 0.3 is 0 Å². The lowest BCUT2D eigenvalue weighted by Crippen LogP contribution is -2.31. The first-order chi connectivity index (χ1) is 15.4. The fraction of sp³-hybridized carbons (Fsp3) is 0.381. The number of nitrogens with one attached hydrogen (secondary N) is 2. The molecule has 1 aliphatic rings. The number of aryl methyl sites for hydroxylation is 1. The highest BCUT2D eigenvalue weighted by Crippen LogP contribution is 2.28. The zero-order valence-corrected chi connectivity index (χ0v) is 19.4. The third-order valence-electron chi connectivity index (χ3n) is 5.30. The molecule has 1 atom stereocenters. The van der Waals surface area contributed by atoms with Crippen molar-refractivity contribution in [2.75, 3.05) is 18.5 Å². The molecule has 3 heterocycles. The summed E-state index contributed by atoms with van der Waals surface area (Å²) < 4.78 is 35.1. The van der Waals surface area contributed by atoms with Gasteiger partial charge in [0.15, 0.2) is 0 Å². The van der Waals surface area contributed by atoms with Crippen LogP contribution in [0.4, 0.5) is 11.6 Å². The van der Waals surface area contributed by atoms with Crippen molar-refractivity contribution in [3.05, 3.63) is 47.5 Å². The fourth-order valence-electron chi connectivity index (χ4n) is 3.60. The fourth-order valence-corrected chi connectivity index (χ4v) is 4.86. The van der Waals surface area contributed by atoms with E-state index in [9.17, 15) is 8.42 Å². The molecule has 1 fully saturated rings. The average Bonchev–Trinajstić information content (AvgIpc) is 3.43. The first kappa shape index (κ1) is 22.7. The van der Waals surface area contributed by atoms with Crippen molar-refractivity contribution in [2.24, 2.45) is 0 Å². The number of benzene rings is 1. The molecule has 4 rings (SSSR count). The molecule has 9 nitrogen and oxygen atoms in total. The van der Waals surface area contributed by atoms with Gasteiger partial charge in [0.05, 0.1) is 34.1 Å². The summed E-state index contributed by atoms with van der Waals surface area (Å²) in [6.07, 6.45) is 5.03. The number of sulfonamides is 1. The molecule has 0 saturated carbocycles. The van der Waals surface area contributed by atoms with Crippen molar-refractivity contribution in [1.82, 2.24) is 24.2 Å². The molecule has 2 N–H and O–H groups in total. The van der Waals surface area contributed by atoms with Gasteiger partial charge in [-0.15, -0.1) is 0 Å². The van der Waals surface area contributed by atoms with Crippen molar-refractivity contribution in [3.63, 3.8) is 0 Å². The predicted molar refractivity (Wildman–Crippen MR) is 123 cm³/mol. The Bertz CT molecular complexity index is 1190. The van der Waals surface area contributed by atoms with E-state index in [1.165, 1.54) is 18.3 Å². The van der Waals surface area contributed by atoms with Gasteiger partial charge in [0.2, 0.25) is 16.0 Å². The number of ether oxygens (including phenoxy) is 1. The van der Waals surface area contributed by atoms with Gasteiger partial charge in [0, 0.05) is 25.4 Å². The van der Waals surface area contributed by atoms with Crippen molar-refractivity contribution < 1.29 is 13.2 Å². The third-order valence-corrected chi connectivity index (χ3v) is 7.02. The lowest BCUT2D eigenvalue weighted by Gasteiger charge is -2.12. The number of nitrogens with zero attached hydrogens (tertiary/aromatic N) is 4. The van der Waals surface area contributed by atoms with E-state index in [0.29, 0.717) is 29.0 Å². The van der Waals surface area contributed by atoms with Gasteiger partial charge in [-0.25, -0.2) is 28.1 Å². The van der Waals surface area contributed by atoms with Crippen LogP contribution in [0.15, 0.2) is 41.6 Å². The number of hydrogen-bond acceptors (Lipinski definition) is 7. The number of aromatic nitrogens is 4. The van der Waals surface area contributed by atoms with Crippen molar-refractivity contribution in [1.29, 1.82) is 0 Å². The van der Waals surface area contributed by atoms with E-state index in [1.54, 1.807) is 18.3 Å². The molecule has 2 aromatic heterocycles. The van der Waals surface area contributed by atoms with E-state index in [1.807, 2.05) is 18.4 Å². The number of halogens is 1. The van der Waals surface area contributed by atoms with Crippen molar-refractivity contribution in [2.45, 2.75) is 44.2 Å². The summed E-state index contributed by atoms with van der Waals surface area (Å²) in [5.74, 6) is 1.22. The van der Waals surface area contributed by atoms with Crippen LogP contribution in [0.2, 0.25) is 5.02 Å². The second-order valence-corrected chi connectivity index (χ2v) is 9.64. The Hall–Kier alpha value is -2.53. The normalized spacial score (nSPS) is 16.4. The van der Waals surface area contributed by atoms with E-state index >= 15 is 0 Å². The van der Waals surface area contributed by atoms with Crippen LogP contribution in [0.3, 0.4) is 0 Å². The summed E-state index contributed by atoms with van der Waals surface area (Å²) >= 11 is 6.34. The van der Waals surface area contributed by atoms with Crippen molar-refractivity contribution in [3.8, 4) is 11.4 Å². The maximum absolute atomic E-state index is 12.5. The standard InChI is InChI=1S/C21H25ClN6O3S/c1-3-28-14(2)23-13-19(28)20-18(22)12-24-21(27-20)26-15-6-8-17(9-7-15)32(29,30)25-11-16-5-4-10-31-16/h6-9,12-13,16,25H,3-5,10-11H2,1-2H3,(H,24,26,27). The minimum atomic E-state index is -3.61. The second kappa shape index (κ2) is 9.53. The van der Waals surface area contributed by atoms with Gasteiger partial charge < -0.3 is 14.6 Å². The Balaban J connectivity index is 1.49. The molecular weight excluding hydrogens is 452 g/mol. The second-order valence-electron chi connectivity index (χ2n) is 7.46. The Morgan fingerprint density at radius 2 is 2.00 bits per heavy atom. The average molecular weight is 477 g/mol. The Kier molecular flexibility index (Phi) is 6.75. The summed E-state index contributed by atoms with van der Waals surface area (Å²) in [6, 6.07) is 6.40. The van der Waals surface area contributed by atoms with Gasteiger partial charge in [-0.3, -0.25) is 0 Å². The van der Waals surface area contributed by atoms with E-state index in [2.05, 4.69) is 25.0 Å². The Morgan fingerprint density at radius 1 is 1.22 bits per heavy atom. The molecular formula is C21H25ClN6O3S. The molecule has 0 bridgehead atoms. The Morgan fingerprint density at radius 3 is 2.69 bits per heavy atom. The highest BCUT2D eigenvalue weighted by Gasteiger charge is 2.20. The number of hydrogen-bond donors (Lipinski definition) is 2. The molecule has 1 saturated heterocycles. The summed E-state index contributed by atoms with van der Waals surface area (Å²) in [7, 11) is -3.61. The van der Waals surface area contributed by atoms with Gasteiger partial charge in [0.25, 0.3) is 0 Å². The van der Waals surface area contributed by atoms with Gasteiger partial charge in [-0.1, -0.05) is 11.6 Å². The van der Waals surface area contributed by atoms with Crippen LogP contribution in [0, 0.1) is 6.92 Å². The molecule has 3 aromatic rings. The topological polar surface area (TPSA) is 111 Å². The van der Waals surface area contributed by atoms with Crippen molar-refractivity contribution >= 4 is 33.3 Å². The van der Waals surface area contributed by atoms with Crippen LogP contribution in [-0.4, -0.2) is 47.2 Å². The quantitative estimate of drug-likeness (QED) is 0.511. The summed E-state index contributed by atoms with van der Waals surface area (Å²) in [4.78, 5) is 13.3. The smallest absolute Gasteiger partial charge is 0.240 e. The van der Waals surface area contributed by atoms with E-state index < -0.39 is 10.0 Å². The lowest BCUT2D eigenvalue weighted by molar-refractivity contribution is 0.114. The zero-order valence-electron chi connectivity index (χ0n) is 17.9. The van der Waals surface area contributed by atoms with Crippen LogP contribution in [0.1, 0.15) is 25.6 Å². The molecule has 1 unspecified atom stereocenters. The number of anilines is 2. The van der Waals surface area contributed by atoms with E-state index in [4.69, 9.17) is 16.3 Å². The number of imidazole rings is 1. The van der Waals surface area contributed by atoms with E-state index in [0.717, 1.165) is 30.9 Å². The zero-order chi connectivity index (χ0) is 22.7. The van der Waals surface area contributed by atoms with Crippen LogP contribution < -0.4 is 10.0 Å². The highest BCUT2D eigenvalue weighted by atomic mass is 35.5. The first-order valence-electron chi connectivity index (χ1n) is 10.4. The molecule has 0 radical (unpaired) electrons. The highest BCUT2D eigenvalue weighted by molar-refractivity contribution is 7.89. The molecule has 32 heavy (non-hydrogen) atoms. The summed E-state index contributed by atoms with van der Waals surface area (Å²) in [5.41, 5.74) is 2.03. The van der Waals surface area contributed by atoms with Gasteiger partial charge in [-0.05, 0) is 51.0 Å². The first-order valence-corrected chi connectivity index (χ1v) is 12.3. The largest absolute Gasteiger partial charge is 0.377 e. The summed E-state index contributed by atoms with van der Waals surface area (Å²) in [6.45, 7) is 5.64. The van der Waals surface area contributed by atoms with Crippen LogP contribution in [-0.2, 0) is 21.3 Å². The summed E-state index contributed by atoms with van der Waals surface area (Å²) in [5, 5.41) is 3.52. The van der Waals surface area contributed by atoms with Crippen LogP contribution in [0.25, 0.3) is 11.4 Å². The van der Waals surface area contributed by atoms with Crippen LogP contribution in [0.5, 0.6) is 0 Å². The van der Waals surface area contributed by atoms with E-state index in [-0.39, 0.29) is 17.5 Å².